The molecule has 0 saturated carbocycles. The Balaban J connectivity index is 2.04. The smallest absolute Gasteiger partial charge is 0.203 e. The molecule has 7 heteroatoms. The number of H-pyrrole nitrogens is 1. The summed E-state index contributed by atoms with van der Waals surface area (Å²) in [5, 5.41) is 7.19. The normalized spacial score (nSPS) is 10.5. The minimum Gasteiger partial charge on any atom is -0.493 e. The van der Waals surface area contributed by atoms with E-state index in [1.54, 1.807) is 33.5 Å². The minimum absolute atomic E-state index is 0.520. The maximum absolute atomic E-state index is 5.81. The largest absolute Gasteiger partial charge is 0.493 e. The van der Waals surface area contributed by atoms with Crippen molar-refractivity contribution >= 4 is 5.69 Å². The number of aromatic amines is 1. The first-order valence-corrected chi connectivity index (χ1v) is 7.25. The van der Waals surface area contributed by atoms with Gasteiger partial charge in [0.1, 0.15) is 0 Å². The number of nitrogen functional groups attached to an aromatic ring is 1. The molecule has 0 amide bonds. The standard InChI is InChI=1S/C17H18N4O3/c1-22-13-8-11(9-14(23-2)15(13)24-3)17-19-16(20-21-17)10-5-4-6-12(18)7-10/h4-9H,18H2,1-3H3,(H,19,20,21). The molecule has 0 radical (unpaired) electrons. The zero-order chi connectivity index (χ0) is 17.1. The first kappa shape index (κ1) is 15.7. The van der Waals surface area contributed by atoms with Crippen LogP contribution in [0.4, 0.5) is 5.69 Å². The molecule has 0 unspecified atom stereocenters. The lowest BCUT2D eigenvalue weighted by atomic mass is 10.1. The fraction of sp³-hybridized carbons (Fsp3) is 0.176. The molecule has 2 aromatic carbocycles. The van der Waals surface area contributed by atoms with Gasteiger partial charge in [-0.25, -0.2) is 4.98 Å². The van der Waals surface area contributed by atoms with E-state index < -0.39 is 0 Å². The van der Waals surface area contributed by atoms with Gasteiger partial charge < -0.3 is 19.9 Å². The Morgan fingerprint density at radius 1 is 0.917 bits per heavy atom. The van der Waals surface area contributed by atoms with Crippen molar-refractivity contribution in [3.05, 3.63) is 36.4 Å². The van der Waals surface area contributed by atoms with Crippen molar-refractivity contribution in [2.75, 3.05) is 27.1 Å². The van der Waals surface area contributed by atoms with E-state index in [1.165, 1.54) is 0 Å². The van der Waals surface area contributed by atoms with Crippen molar-refractivity contribution in [3.63, 3.8) is 0 Å². The quantitative estimate of drug-likeness (QED) is 0.700. The van der Waals surface area contributed by atoms with Gasteiger partial charge in [0.25, 0.3) is 0 Å². The van der Waals surface area contributed by atoms with Crippen LogP contribution in [0.25, 0.3) is 22.8 Å². The minimum atomic E-state index is 0.520. The molecule has 1 heterocycles. The molecule has 3 rings (SSSR count). The summed E-state index contributed by atoms with van der Waals surface area (Å²) in [6.45, 7) is 0. The van der Waals surface area contributed by atoms with Crippen LogP contribution in [0.1, 0.15) is 0 Å². The summed E-state index contributed by atoms with van der Waals surface area (Å²) in [4.78, 5) is 4.52. The summed E-state index contributed by atoms with van der Waals surface area (Å²) in [6.07, 6.45) is 0. The number of methoxy groups -OCH3 is 3. The van der Waals surface area contributed by atoms with Gasteiger partial charge in [-0.3, -0.25) is 5.10 Å². The number of aromatic nitrogens is 3. The van der Waals surface area contributed by atoms with Crippen molar-refractivity contribution in [3.8, 4) is 40.0 Å². The van der Waals surface area contributed by atoms with Crippen molar-refractivity contribution < 1.29 is 14.2 Å². The predicted octanol–water partition coefficient (Wildman–Crippen LogP) is 2.75. The van der Waals surface area contributed by atoms with E-state index in [9.17, 15) is 0 Å². The molecule has 3 aromatic rings. The summed E-state index contributed by atoms with van der Waals surface area (Å²) in [5.74, 6) is 2.76. The van der Waals surface area contributed by atoms with E-state index in [0.717, 1.165) is 11.1 Å². The summed E-state index contributed by atoms with van der Waals surface area (Å²) >= 11 is 0. The highest BCUT2D eigenvalue weighted by atomic mass is 16.5. The van der Waals surface area contributed by atoms with Crippen LogP contribution in [0.5, 0.6) is 17.2 Å². The number of hydrogen-bond acceptors (Lipinski definition) is 6. The second kappa shape index (κ2) is 6.49. The van der Waals surface area contributed by atoms with Crippen molar-refractivity contribution in [2.45, 2.75) is 0 Å². The second-order valence-corrected chi connectivity index (χ2v) is 5.05. The Hall–Kier alpha value is -3.22. The maximum Gasteiger partial charge on any atom is 0.203 e. The van der Waals surface area contributed by atoms with Gasteiger partial charge in [0.2, 0.25) is 5.75 Å². The summed E-state index contributed by atoms with van der Waals surface area (Å²) in [5.41, 5.74) is 8.09. The van der Waals surface area contributed by atoms with Crippen LogP contribution in [-0.4, -0.2) is 36.5 Å². The molecule has 7 nitrogen and oxygen atoms in total. The number of rotatable bonds is 5. The van der Waals surface area contributed by atoms with Crippen LogP contribution in [0.15, 0.2) is 36.4 Å². The molecule has 0 spiro atoms. The van der Waals surface area contributed by atoms with E-state index in [-0.39, 0.29) is 0 Å². The lowest BCUT2D eigenvalue weighted by Gasteiger charge is -2.12. The Bertz CT molecular complexity index is 836. The second-order valence-electron chi connectivity index (χ2n) is 5.05. The zero-order valence-corrected chi connectivity index (χ0v) is 13.7. The summed E-state index contributed by atoms with van der Waals surface area (Å²) in [7, 11) is 4.69. The molecule has 3 N–H and O–H groups in total. The molecule has 0 saturated heterocycles. The third-order valence-corrected chi connectivity index (χ3v) is 3.57. The average molecular weight is 326 g/mol. The third-order valence-electron chi connectivity index (χ3n) is 3.57. The fourth-order valence-corrected chi connectivity index (χ4v) is 2.42. The number of nitrogens with one attached hydrogen (secondary N) is 1. The van der Waals surface area contributed by atoms with E-state index in [0.29, 0.717) is 34.6 Å². The molecule has 0 atom stereocenters. The number of ether oxygens (including phenoxy) is 3. The van der Waals surface area contributed by atoms with Gasteiger partial charge >= 0.3 is 0 Å². The van der Waals surface area contributed by atoms with Gasteiger partial charge in [-0.2, -0.15) is 5.10 Å². The van der Waals surface area contributed by atoms with Gasteiger partial charge in [0, 0.05) is 16.8 Å². The average Bonchev–Trinajstić information content (AvgIpc) is 3.10. The molecule has 0 bridgehead atoms. The molecule has 0 aliphatic carbocycles. The molecular weight excluding hydrogens is 308 g/mol. The highest BCUT2D eigenvalue weighted by Gasteiger charge is 2.16. The first-order chi connectivity index (χ1) is 11.7. The Morgan fingerprint density at radius 3 is 2.21 bits per heavy atom. The van der Waals surface area contributed by atoms with Crippen LogP contribution in [0.2, 0.25) is 0 Å². The topological polar surface area (TPSA) is 95.3 Å². The van der Waals surface area contributed by atoms with Gasteiger partial charge in [-0.05, 0) is 24.3 Å². The molecule has 124 valence electrons. The number of hydrogen-bond donors (Lipinski definition) is 2. The van der Waals surface area contributed by atoms with Crippen molar-refractivity contribution in [2.24, 2.45) is 0 Å². The number of nitrogens with two attached hydrogens (primary N) is 1. The lowest BCUT2D eigenvalue weighted by molar-refractivity contribution is 0.324. The van der Waals surface area contributed by atoms with Crippen LogP contribution >= 0.6 is 0 Å². The molecule has 0 aliphatic rings. The van der Waals surface area contributed by atoms with Crippen molar-refractivity contribution in [1.29, 1.82) is 0 Å². The Labute approximate surface area is 139 Å². The SMILES string of the molecule is COc1cc(-c2n[nH]c(-c3cccc(N)c3)n2)cc(OC)c1OC. The van der Waals surface area contributed by atoms with E-state index in [4.69, 9.17) is 19.9 Å². The lowest BCUT2D eigenvalue weighted by Crippen LogP contribution is -1.96. The van der Waals surface area contributed by atoms with Gasteiger partial charge in [0.15, 0.2) is 23.1 Å². The van der Waals surface area contributed by atoms with Crippen LogP contribution in [-0.2, 0) is 0 Å². The third kappa shape index (κ3) is 2.83. The number of benzene rings is 2. The molecule has 0 fully saturated rings. The predicted molar refractivity (Wildman–Crippen MR) is 91.3 cm³/mol. The molecule has 0 aliphatic heterocycles. The Kier molecular flexibility index (Phi) is 4.24. The van der Waals surface area contributed by atoms with E-state index in [2.05, 4.69) is 15.2 Å². The van der Waals surface area contributed by atoms with Crippen LogP contribution < -0.4 is 19.9 Å². The number of nitrogens with zero attached hydrogens (tertiary/aromatic N) is 2. The summed E-state index contributed by atoms with van der Waals surface area (Å²) < 4.78 is 16.0. The van der Waals surface area contributed by atoms with E-state index in [1.807, 2.05) is 24.3 Å². The highest BCUT2D eigenvalue weighted by Crippen LogP contribution is 2.40. The fourth-order valence-electron chi connectivity index (χ4n) is 2.42. The maximum atomic E-state index is 5.81. The molecule has 24 heavy (non-hydrogen) atoms. The number of anilines is 1. The zero-order valence-electron chi connectivity index (χ0n) is 13.7. The summed E-state index contributed by atoms with van der Waals surface area (Å²) in [6, 6.07) is 11.0. The van der Waals surface area contributed by atoms with Crippen molar-refractivity contribution in [1.82, 2.24) is 15.2 Å². The Morgan fingerprint density at radius 2 is 1.62 bits per heavy atom. The monoisotopic (exact) mass is 326 g/mol. The first-order valence-electron chi connectivity index (χ1n) is 7.25. The van der Waals surface area contributed by atoms with E-state index >= 15 is 0 Å². The molecular formula is C17H18N4O3. The van der Waals surface area contributed by atoms with Gasteiger partial charge in [-0.1, -0.05) is 12.1 Å². The van der Waals surface area contributed by atoms with Crippen LogP contribution in [0, 0.1) is 0 Å². The van der Waals surface area contributed by atoms with Gasteiger partial charge in [-0.15, -0.1) is 0 Å². The van der Waals surface area contributed by atoms with Gasteiger partial charge in [0.05, 0.1) is 21.3 Å². The van der Waals surface area contributed by atoms with Crippen LogP contribution in [0.3, 0.4) is 0 Å². The highest BCUT2D eigenvalue weighted by molar-refractivity contribution is 5.69. The molecule has 1 aromatic heterocycles.